The minimum atomic E-state index is -0.612. The van der Waals surface area contributed by atoms with Crippen LogP contribution in [-0.2, 0) is 6.61 Å². The lowest BCUT2D eigenvalue weighted by Crippen LogP contribution is -2.04. The van der Waals surface area contributed by atoms with E-state index in [9.17, 15) is 19.3 Å². The van der Waals surface area contributed by atoms with Gasteiger partial charge < -0.3 is 4.74 Å². The van der Waals surface area contributed by atoms with Crippen molar-refractivity contribution in [1.29, 1.82) is 0 Å². The number of halogens is 1. The second-order valence-electron chi connectivity index (χ2n) is 4.99. The SMILES string of the molecule is CCCC(=O)c1ccc(OCc2ccccc2F)c([N+](=O)[O-])c1. The molecular formula is C17H16FNO4. The third kappa shape index (κ3) is 4.12. The maximum atomic E-state index is 13.5. The predicted octanol–water partition coefficient (Wildman–Crippen LogP) is 4.30. The van der Waals surface area contributed by atoms with Crippen molar-refractivity contribution in [3.05, 3.63) is 69.5 Å². The van der Waals surface area contributed by atoms with Crippen LogP contribution in [0.4, 0.5) is 10.1 Å². The zero-order valence-electron chi connectivity index (χ0n) is 12.6. The number of ether oxygens (including phenoxy) is 1. The smallest absolute Gasteiger partial charge is 0.311 e. The van der Waals surface area contributed by atoms with E-state index in [0.29, 0.717) is 18.4 Å². The highest BCUT2D eigenvalue weighted by Crippen LogP contribution is 2.29. The molecule has 0 aromatic heterocycles. The molecule has 0 aliphatic rings. The molecule has 2 aromatic carbocycles. The number of hydrogen-bond acceptors (Lipinski definition) is 4. The number of rotatable bonds is 7. The quantitative estimate of drug-likeness (QED) is 0.434. The van der Waals surface area contributed by atoms with Gasteiger partial charge in [-0.1, -0.05) is 25.1 Å². The number of carbonyl (C=O) groups excluding carboxylic acids is 1. The van der Waals surface area contributed by atoms with E-state index in [1.54, 1.807) is 18.2 Å². The van der Waals surface area contributed by atoms with Gasteiger partial charge in [0.2, 0.25) is 0 Å². The molecule has 0 amide bonds. The summed E-state index contributed by atoms with van der Waals surface area (Å²) in [5, 5.41) is 11.2. The van der Waals surface area contributed by atoms with Gasteiger partial charge in [-0.05, 0) is 24.6 Å². The first-order valence-electron chi connectivity index (χ1n) is 7.20. The highest BCUT2D eigenvalue weighted by molar-refractivity contribution is 5.96. The summed E-state index contributed by atoms with van der Waals surface area (Å²) in [5.74, 6) is -0.590. The van der Waals surface area contributed by atoms with Gasteiger partial charge in [0.15, 0.2) is 11.5 Å². The van der Waals surface area contributed by atoms with E-state index in [2.05, 4.69) is 0 Å². The van der Waals surface area contributed by atoms with Crippen molar-refractivity contribution in [2.45, 2.75) is 26.4 Å². The van der Waals surface area contributed by atoms with Crippen molar-refractivity contribution in [3.8, 4) is 5.75 Å². The normalized spacial score (nSPS) is 10.3. The number of nitro benzene ring substituents is 1. The van der Waals surface area contributed by atoms with Crippen LogP contribution in [0, 0.1) is 15.9 Å². The number of benzene rings is 2. The average molecular weight is 317 g/mol. The van der Waals surface area contributed by atoms with Crippen molar-refractivity contribution in [2.75, 3.05) is 0 Å². The second-order valence-corrected chi connectivity index (χ2v) is 4.99. The molecule has 0 aliphatic heterocycles. The fraction of sp³-hybridized carbons (Fsp3) is 0.235. The van der Waals surface area contributed by atoms with Crippen molar-refractivity contribution >= 4 is 11.5 Å². The Hall–Kier alpha value is -2.76. The third-order valence-corrected chi connectivity index (χ3v) is 3.30. The minimum Gasteiger partial charge on any atom is -0.482 e. The number of nitrogens with zero attached hydrogens (tertiary/aromatic N) is 1. The summed E-state index contributed by atoms with van der Waals surface area (Å²) in [6.07, 6.45) is 0.991. The number of Topliss-reactive ketones (excluding diaryl/α,β-unsaturated/α-hetero) is 1. The number of hydrogen-bond donors (Lipinski definition) is 0. The summed E-state index contributed by atoms with van der Waals surface area (Å²) >= 11 is 0. The van der Waals surface area contributed by atoms with E-state index >= 15 is 0 Å². The first kappa shape index (κ1) is 16.6. The summed E-state index contributed by atoms with van der Waals surface area (Å²) in [7, 11) is 0. The highest BCUT2D eigenvalue weighted by Gasteiger charge is 2.19. The van der Waals surface area contributed by atoms with Gasteiger partial charge in [0.05, 0.1) is 4.92 Å². The van der Waals surface area contributed by atoms with Crippen molar-refractivity contribution < 1.29 is 18.8 Å². The minimum absolute atomic E-state index is 0.00583. The molecule has 0 spiro atoms. The number of nitro groups is 1. The van der Waals surface area contributed by atoms with Crippen LogP contribution in [0.2, 0.25) is 0 Å². The number of carbonyl (C=O) groups is 1. The van der Waals surface area contributed by atoms with Crippen LogP contribution in [0.3, 0.4) is 0 Å². The molecule has 0 N–H and O–H groups in total. The molecule has 0 heterocycles. The Morgan fingerprint density at radius 1 is 1.26 bits per heavy atom. The fourth-order valence-corrected chi connectivity index (χ4v) is 2.10. The molecule has 0 saturated carbocycles. The molecule has 0 bridgehead atoms. The zero-order valence-corrected chi connectivity index (χ0v) is 12.6. The average Bonchev–Trinajstić information content (AvgIpc) is 2.54. The van der Waals surface area contributed by atoms with Crippen LogP contribution in [0.5, 0.6) is 5.75 Å². The summed E-state index contributed by atoms with van der Waals surface area (Å²) in [5.41, 5.74) is 0.271. The Kier molecular flexibility index (Phi) is 5.41. The molecule has 2 rings (SSSR count). The van der Waals surface area contributed by atoms with Crippen LogP contribution in [0.15, 0.2) is 42.5 Å². The van der Waals surface area contributed by atoms with Crippen molar-refractivity contribution in [3.63, 3.8) is 0 Å². The summed E-state index contributed by atoms with van der Waals surface area (Å²) < 4.78 is 18.9. The van der Waals surface area contributed by atoms with E-state index in [-0.39, 0.29) is 29.4 Å². The van der Waals surface area contributed by atoms with Gasteiger partial charge in [-0.3, -0.25) is 14.9 Å². The van der Waals surface area contributed by atoms with Crippen molar-refractivity contribution in [2.24, 2.45) is 0 Å². The Morgan fingerprint density at radius 2 is 2.00 bits per heavy atom. The fourth-order valence-electron chi connectivity index (χ4n) is 2.10. The molecule has 2 aromatic rings. The van der Waals surface area contributed by atoms with Crippen LogP contribution in [0.1, 0.15) is 35.7 Å². The first-order valence-corrected chi connectivity index (χ1v) is 7.20. The van der Waals surface area contributed by atoms with Gasteiger partial charge in [0.25, 0.3) is 0 Å². The molecule has 0 atom stereocenters. The van der Waals surface area contributed by atoms with Gasteiger partial charge in [-0.2, -0.15) is 0 Å². The summed E-state index contributed by atoms with van der Waals surface area (Å²) in [6, 6.07) is 10.1. The maximum Gasteiger partial charge on any atom is 0.311 e. The zero-order chi connectivity index (χ0) is 16.8. The van der Waals surface area contributed by atoms with Gasteiger partial charge in [-0.15, -0.1) is 0 Å². The lowest BCUT2D eigenvalue weighted by molar-refractivity contribution is -0.386. The molecule has 120 valence electrons. The molecule has 0 fully saturated rings. The van der Waals surface area contributed by atoms with Gasteiger partial charge in [0.1, 0.15) is 12.4 Å². The molecule has 0 aliphatic carbocycles. The molecule has 5 nitrogen and oxygen atoms in total. The topological polar surface area (TPSA) is 69.4 Å². The number of ketones is 1. The third-order valence-electron chi connectivity index (χ3n) is 3.30. The molecule has 0 saturated heterocycles. The maximum absolute atomic E-state index is 13.5. The van der Waals surface area contributed by atoms with Crippen molar-refractivity contribution in [1.82, 2.24) is 0 Å². The summed E-state index contributed by atoms with van der Waals surface area (Å²) in [6.45, 7) is 1.73. The van der Waals surface area contributed by atoms with Gasteiger partial charge >= 0.3 is 5.69 Å². The molecular weight excluding hydrogens is 301 g/mol. The lowest BCUT2D eigenvalue weighted by atomic mass is 10.1. The first-order chi connectivity index (χ1) is 11.0. The Bertz CT molecular complexity index is 730. The summed E-state index contributed by atoms with van der Waals surface area (Å²) in [4.78, 5) is 22.4. The Balaban J connectivity index is 2.23. The Morgan fingerprint density at radius 3 is 2.65 bits per heavy atom. The molecule has 6 heteroatoms. The van der Waals surface area contributed by atoms with E-state index < -0.39 is 10.7 Å². The molecule has 0 radical (unpaired) electrons. The van der Waals surface area contributed by atoms with Crippen LogP contribution in [0.25, 0.3) is 0 Å². The monoisotopic (exact) mass is 317 g/mol. The van der Waals surface area contributed by atoms with E-state index in [1.807, 2.05) is 6.92 Å². The second kappa shape index (κ2) is 7.49. The lowest BCUT2D eigenvalue weighted by Gasteiger charge is -2.08. The standard InChI is InChI=1S/C17H16FNO4/c1-2-5-16(20)12-8-9-17(15(10-12)19(21)22)23-11-13-6-3-4-7-14(13)18/h3-4,6-10H,2,5,11H2,1H3. The van der Waals surface area contributed by atoms with E-state index in [4.69, 9.17) is 4.74 Å². The Labute approximate surface area is 132 Å². The molecule has 0 unspecified atom stereocenters. The largest absolute Gasteiger partial charge is 0.482 e. The predicted molar refractivity (Wildman–Crippen MR) is 83.1 cm³/mol. The van der Waals surface area contributed by atoms with E-state index in [0.717, 1.165) is 0 Å². The van der Waals surface area contributed by atoms with Crippen LogP contribution in [-0.4, -0.2) is 10.7 Å². The van der Waals surface area contributed by atoms with Gasteiger partial charge in [-0.25, -0.2) is 4.39 Å². The van der Waals surface area contributed by atoms with E-state index in [1.165, 1.54) is 24.3 Å². The van der Waals surface area contributed by atoms with Crippen LogP contribution < -0.4 is 4.74 Å². The van der Waals surface area contributed by atoms with Crippen LogP contribution >= 0.6 is 0 Å². The highest BCUT2D eigenvalue weighted by atomic mass is 19.1. The molecule has 23 heavy (non-hydrogen) atoms. The van der Waals surface area contributed by atoms with Gasteiger partial charge in [0, 0.05) is 23.6 Å².